The van der Waals surface area contributed by atoms with E-state index in [1.165, 1.54) is 6.42 Å². The maximum Gasteiger partial charge on any atom is 0.0730 e. The van der Waals surface area contributed by atoms with E-state index < -0.39 is 17.3 Å². The molecule has 0 aromatic heterocycles. The van der Waals surface area contributed by atoms with Crippen molar-refractivity contribution in [2.45, 2.75) is 117 Å². The Morgan fingerprint density at radius 1 is 0.806 bits per heavy atom. The lowest BCUT2D eigenvalue weighted by molar-refractivity contribution is -0.276. The lowest BCUT2D eigenvalue weighted by Gasteiger charge is -2.67. The second-order valence-electron chi connectivity index (χ2n) is 13.0. The number of fused-ring (bicyclic) bond motifs is 5. The number of allylic oxidation sites excluding steroid dienone is 2. The molecule has 3 N–H and O–H groups in total. The Morgan fingerprint density at radius 2 is 1.52 bits per heavy atom. The zero-order valence-electron chi connectivity index (χ0n) is 20.9. The molecule has 3 nitrogen and oxygen atoms in total. The smallest absolute Gasteiger partial charge is 0.0730 e. The van der Waals surface area contributed by atoms with E-state index in [0.717, 1.165) is 32.1 Å². The van der Waals surface area contributed by atoms with Crippen LogP contribution in [0.1, 0.15) is 99.3 Å². The van der Waals surface area contributed by atoms with Crippen LogP contribution in [0.25, 0.3) is 0 Å². The second-order valence-corrected chi connectivity index (χ2v) is 13.0. The minimum absolute atomic E-state index is 0.148. The Morgan fingerprint density at radius 3 is 2.19 bits per heavy atom. The van der Waals surface area contributed by atoms with Gasteiger partial charge in [0.05, 0.1) is 17.3 Å². The number of aliphatic hydroxyl groups excluding tert-OH is 1. The second kappa shape index (κ2) is 7.84. The van der Waals surface area contributed by atoms with Crippen LogP contribution in [-0.4, -0.2) is 32.6 Å². The lowest BCUT2D eigenvalue weighted by atomic mass is 9.41. The molecule has 4 fully saturated rings. The molecule has 3 heteroatoms. The van der Waals surface area contributed by atoms with Gasteiger partial charge in [0.25, 0.3) is 0 Å². The van der Waals surface area contributed by atoms with E-state index in [4.69, 9.17) is 0 Å². The largest absolute Gasteiger partial charge is 0.393 e. The monoisotopic (exact) mass is 432 g/mol. The maximum absolute atomic E-state index is 12.3. The van der Waals surface area contributed by atoms with Gasteiger partial charge in [-0.1, -0.05) is 53.7 Å². The van der Waals surface area contributed by atoms with Crippen LogP contribution >= 0.6 is 0 Å². The topological polar surface area (TPSA) is 60.7 Å². The van der Waals surface area contributed by atoms with E-state index in [2.05, 4.69) is 53.7 Å². The van der Waals surface area contributed by atoms with Crippen molar-refractivity contribution in [3.05, 3.63) is 12.2 Å². The highest BCUT2D eigenvalue weighted by atomic mass is 16.3. The predicted octanol–water partition coefficient (Wildman–Crippen LogP) is 5.72. The molecule has 0 aromatic rings. The Balaban J connectivity index is 1.58. The molecule has 0 radical (unpaired) electrons. The Hall–Kier alpha value is -0.380. The van der Waals surface area contributed by atoms with E-state index >= 15 is 0 Å². The molecule has 31 heavy (non-hydrogen) atoms. The van der Waals surface area contributed by atoms with Crippen molar-refractivity contribution in [2.75, 3.05) is 0 Å². The zero-order chi connectivity index (χ0) is 22.8. The molecular weight excluding hydrogens is 384 g/mol. The van der Waals surface area contributed by atoms with E-state index in [9.17, 15) is 15.3 Å². The molecule has 0 spiro atoms. The fraction of sp³-hybridized carbons (Fsp3) is 0.929. The molecule has 0 amide bonds. The molecule has 0 unspecified atom stereocenters. The highest BCUT2D eigenvalue weighted by molar-refractivity contribution is 5.20. The van der Waals surface area contributed by atoms with Gasteiger partial charge in [-0.25, -0.2) is 0 Å². The summed E-state index contributed by atoms with van der Waals surface area (Å²) in [7, 11) is 0. The molecule has 0 saturated heterocycles. The minimum atomic E-state index is -0.823. The lowest BCUT2D eigenvalue weighted by Crippen LogP contribution is -2.69. The van der Waals surface area contributed by atoms with E-state index in [-0.39, 0.29) is 16.7 Å². The Labute approximate surface area is 190 Å². The first-order valence-corrected chi connectivity index (χ1v) is 13.2. The highest BCUT2D eigenvalue weighted by Crippen LogP contribution is 2.70. The number of aliphatic hydroxyl groups is 3. The van der Waals surface area contributed by atoms with Gasteiger partial charge in [-0.05, 0) is 92.3 Å². The molecule has 4 saturated carbocycles. The first-order chi connectivity index (χ1) is 14.4. The quantitative estimate of drug-likeness (QED) is 0.498. The molecule has 0 heterocycles. The molecule has 0 aromatic carbocycles. The highest BCUT2D eigenvalue weighted by Gasteiger charge is 2.70. The van der Waals surface area contributed by atoms with Crippen LogP contribution in [0.5, 0.6) is 0 Å². The van der Waals surface area contributed by atoms with Crippen molar-refractivity contribution in [2.24, 2.45) is 46.3 Å². The van der Waals surface area contributed by atoms with Gasteiger partial charge >= 0.3 is 0 Å². The molecule has 4 rings (SSSR count). The van der Waals surface area contributed by atoms with Crippen molar-refractivity contribution >= 4 is 0 Å². The SMILES string of the molecule is CC(C)[C@@H](C)C=C[C@@H](C)[C@H]1CC[C@@H]2[C@]1(C)CC[C@H]1[C@]2(O)CC[C@@]2(O)C[C@@H](O)CC[C@]12C. The van der Waals surface area contributed by atoms with Crippen LogP contribution in [-0.2, 0) is 0 Å². The van der Waals surface area contributed by atoms with Crippen LogP contribution in [0.15, 0.2) is 12.2 Å². The van der Waals surface area contributed by atoms with Crippen molar-refractivity contribution in [1.82, 2.24) is 0 Å². The first-order valence-electron chi connectivity index (χ1n) is 13.2. The van der Waals surface area contributed by atoms with Crippen LogP contribution in [0.2, 0.25) is 0 Å². The van der Waals surface area contributed by atoms with Gasteiger partial charge in [-0.3, -0.25) is 0 Å². The fourth-order valence-electron chi connectivity index (χ4n) is 8.90. The molecule has 0 bridgehead atoms. The average molecular weight is 433 g/mol. The molecule has 10 atom stereocenters. The van der Waals surface area contributed by atoms with Gasteiger partial charge in [-0.2, -0.15) is 0 Å². The van der Waals surface area contributed by atoms with Gasteiger partial charge < -0.3 is 15.3 Å². The molecule has 178 valence electrons. The van der Waals surface area contributed by atoms with E-state index in [1.807, 2.05) is 0 Å². The third-order valence-electron chi connectivity index (χ3n) is 11.3. The van der Waals surface area contributed by atoms with Crippen molar-refractivity contribution in [1.29, 1.82) is 0 Å². The third-order valence-corrected chi connectivity index (χ3v) is 11.3. The summed E-state index contributed by atoms with van der Waals surface area (Å²) in [5.41, 5.74) is -1.59. The van der Waals surface area contributed by atoms with Crippen molar-refractivity contribution in [3.8, 4) is 0 Å². The average Bonchev–Trinajstić information content (AvgIpc) is 3.05. The summed E-state index contributed by atoms with van der Waals surface area (Å²) in [6, 6.07) is 0. The fourth-order valence-corrected chi connectivity index (χ4v) is 8.90. The van der Waals surface area contributed by atoms with Crippen LogP contribution in [0.4, 0.5) is 0 Å². The van der Waals surface area contributed by atoms with Crippen molar-refractivity contribution < 1.29 is 15.3 Å². The van der Waals surface area contributed by atoms with Gasteiger partial charge in [0.15, 0.2) is 0 Å². The molecular formula is C28H48O3. The van der Waals surface area contributed by atoms with Gasteiger partial charge in [0.2, 0.25) is 0 Å². The molecule has 4 aliphatic carbocycles. The molecule has 4 aliphatic rings. The third kappa shape index (κ3) is 3.48. The normalized spacial score (nSPS) is 51.9. The summed E-state index contributed by atoms with van der Waals surface area (Å²) in [4.78, 5) is 0. The van der Waals surface area contributed by atoms with Gasteiger partial charge in [0, 0.05) is 11.8 Å². The van der Waals surface area contributed by atoms with Crippen LogP contribution < -0.4 is 0 Å². The molecule has 0 aliphatic heterocycles. The maximum atomic E-state index is 12.3. The van der Waals surface area contributed by atoms with Crippen molar-refractivity contribution in [3.63, 3.8) is 0 Å². The van der Waals surface area contributed by atoms with Gasteiger partial charge in [-0.15, -0.1) is 0 Å². The standard InChI is InChI=1S/C28H48O3/c1-18(2)19(3)7-8-20(4)22-9-10-23-25(22,5)13-12-24-26(6)14-11-21(29)17-27(26,30)15-16-28(23,24)31/h7-8,18-24,29-31H,9-17H2,1-6H3/t19-,20+,21-,22+,23+,24+,25+,26+,27+,28-/m0/s1. The Bertz CT molecular complexity index is 702. The number of rotatable bonds is 4. The minimum Gasteiger partial charge on any atom is -0.393 e. The van der Waals surface area contributed by atoms with E-state index in [1.54, 1.807) is 0 Å². The number of hydrogen-bond donors (Lipinski definition) is 3. The summed E-state index contributed by atoms with van der Waals surface area (Å²) < 4.78 is 0. The summed E-state index contributed by atoms with van der Waals surface area (Å²) >= 11 is 0. The summed E-state index contributed by atoms with van der Waals surface area (Å²) in [6.07, 6.45) is 12.4. The summed E-state index contributed by atoms with van der Waals surface area (Å²) in [6.45, 7) is 14.0. The van der Waals surface area contributed by atoms with Crippen LogP contribution in [0, 0.1) is 46.3 Å². The van der Waals surface area contributed by atoms with Crippen LogP contribution in [0.3, 0.4) is 0 Å². The zero-order valence-corrected chi connectivity index (χ0v) is 20.9. The Kier molecular flexibility index (Phi) is 6.01. The summed E-state index contributed by atoms with van der Waals surface area (Å²) in [5, 5.41) is 34.2. The predicted molar refractivity (Wildman–Crippen MR) is 126 cm³/mol. The van der Waals surface area contributed by atoms with E-state index in [0.29, 0.717) is 48.9 Å². The first kappa shape index (κ1) is 23.8. The summed E-state index contributed by atoms with van der Waals surface area (Å²) in [5.74, 6) is 2.91. The number of hydrogen-bond acceptors (Lipinski definition) is 3. The van der Waals surface area contributed by atoms with Gasteiger partial charge in [0.1, 0.15) is 0 Å².